The van der Waals surface area contributed by atoms with Crippen molar-refractivity contribution in [2.75, 3.05) is 13.2 Å². The van der Waals surface area contributed by atoms with Crippen LogP contribution in [-0.4, -0.2) is 36.4 Å². The number of aliphatic hydroxyl groups is 1. The third kappa shape index (κ3) is 35.7. The van der Waals surface area contributed by atoms with Gasteiger partial charge >= 0.3 is 11.9 Å². The van der Waals surface area contributed by atoms with E-state index in [4.69, 9.17) is 9.47 Å². The van der Waals surface area contributed by atoms with Crippen LogP contribution in [0.3, 0.4) is 0 Å². The van der Waals surface area contributed by atoms with Crippen LogP contribution < -0.4 is 0 Å². The highest BCUT2D eigenvalue weighted by Crippen LogP contribution is 2.06. The van der Waals surface area contributed by atoms with Gasteiger partial charge in [0.1, 0.15) is 6.61 Å². The SMILES string of the molecule is CCCCC/C=C\C/C=C\C/C=C\C/C=C\CCCC(=O)OC[C@@H](CO)OC(=O)CCC/C=C\C/C=C\C/C=C\C/C=C\CCCCC. The molecule has 0 amide bonds. The minimum atomic E-state index is -0.827. The van der Waals surface area contributed by atoms with Gasteiger partial charge in [-0.15, -0.1) is 0 Å². The number of carbonyl (C=O) groups is 2. The molecule has 270 valence electrons. The average Bonchev–Trinajstić information content (AvgIpc) is 3.09. The van der Waals surface area contributed by atoms with Crippen LogP contribution in [0.1, 0.15) is 142 Å². The Balaban J connectivity index is 3.81. The van der Waals surface area contributed by atoms with Crippen LogP contribution in [-0.2, 0) is 19.1 Å². The molecule has 5 nitrogen and oxygen atoms in total. The van der Waals surface area contributed by atoms with Gasteiger partial charge < -0.3 is 14.6 Å². The summed E-state index contributed by atoms with van der Waals surface area (Å²) in [5.41, 5.74) is 0. The van der Waals surface area contributed by atoms with Crippen LogP contribution in [0.15, 0.2) is 97.2 Å². The molecule has 0 saturated heterocycles. The zero-order valence-corrected chi connectivity index (χ0v) is 30.5. The third-order valence-electron chi connectivity index (χ3n) is 7.35. The maximum atomic E-state index is 12.1. The van der Waals surface area contributed by atoms with Crippen LogP contribution >= 0.6 is 0 Å². The molecular weight excluding hydrogens is 596 g/mol. The Morgan fingerprint density at radius 1 is 0.479 bits per heavy atom. The van der Waals surface area contributed by atoms with Crippen molar-refractivity contribution >= 4 is 11.9 Å². The minimum Gasteiger partial charge on any atom is -0.462 e. The number of hydrogen-bond acceptors (Lipinski definition) is 5. The Kier molecular flexibility index (Phi) is 35.7. The number of carbonyl (C=O) groups excluding carboxylic acids is 2. The van der Waals surface area contributed by atoms with E-state index >= 15 is 0 Å². The molecule has 5 heteroatoms. The third-order valence-corrected chi connectivity index (χ3v) is 7.35. The number of unbranched alkanes of at least 4 members (excludes halogenated alkanes) is 8. The fourth-order valence-electron chi connectivity index (χ4n) is 4.48. The Bertz CT molecular complexity index is 979. The van der Waals surface area contributed by atoms with Crippen molar-refractivity contribution in [3.63, 3.8) is 0 Å². The van der Waals surface area contributed by atoms with Crippen molar-refractivity contribution in [1.82, 2.24) is 0 Å². The molecule has 1 atom stereocenters. The number of aliphatic hydroxyl groups excluding tert-OH is 1. The highest BCUT2D eigenvalue weighted by Gasteiger charge is 2.15. The number of allylic oxidation sites excluding steroid dienone is 16. The van der Waals surface area contributed by atoms with Gasteiger partial charge in [-0.05, 0) is 89.9 Å². The highest BCUT2D eigenvalue weighted by atomic mass is 16.6. The molecule has 0 rings (SSSR count). The zero-order chi connectivity index (χ0) is 35.0. The van der Waals surface area contributed by atoms with E-state index < -0.39 is 6.10 Å². The van der Waals surface area contributed by atoms with Gasteiger partial charge in [0.05, 0.1) is 6.61 Å². The van der Waals surface area contributed by atoms with Gasteiger partial charge in [0, 0.05) is 12.8 Å². The molecular formula is C43H68O5. The molecule has 0 fully saturated rings. The maximum absolute atomic E-state index is 12.1. The van der Waals surface area contributed by atoms with Gasteiger partial charge in [0.2, 0.25) is 0 Å². The van der Waals surface area contributed by atoms with Gasteiger partial charge in [0.25, 0.3) is 0 Å². The summed E-state index contributed by atoms with van der Waals surface area (Å²) < 4.78 is 10.5. The lowest BCUT2D eigenvalue weighted by molar-refractivity contribution is -0.161. The van der Waals surface area contributed by atoms with E-state index in [0.717, 1.165) is 51.4 Å². The lowest BCUT2D eigenvalue weighted by Gasteiger charge is -2.15. The predicted octanol–water partition coefficient (Wildman–Crippen LogP) is 11.7. The lowest BCUT2D eigenvalue weighted by atomic mass is 10.2. The summed E-state index contributed by atoms with van der Waals surface area (Å²) in [6.07, 6.45) is 53.2. The fraction of sp³-hybridized carbons (Fsp3) is 0.581. The van der Waals surface area contributed by atoms with Gasteiger partial charge in [-0.25, -0.2) is 0 Å². The summed E-state index contributed by atoms with van der Waals surface area (Å²) in [5, 5.41) is 9.53. The quantitative estimate of drug-likeness (QED) is 0.0440. The Hall–Kier alpha value is -3.18. The molecule has 0 saturated carbocycles. The van der Waals surface area contributed by atoms with Gasteiger partial charge in [-0.3, -0.25) is 9.59 Å². The van der Waals surface area contributed by atoms with Crippen LogP contribution in [0.4, 0.5) is 0 Å². The predicted molar refractivity (Wildman–Crippen MR) is 205 cm³/mol. The summed E-state index contributed by atoms with van der Waals surface area (Å²) >= 11 is 0. The molecule has 0 spiro atoms. The Morgan fingerprint density at radius 2 is 0.812 bits per heavy atom. The van der Waals surface area contributed by atoms with Crippen LogP contribution in [0.5, 0.6) is 0 Å². The lowest BCUT2D eigenvalue weighted by Crippen LogP contribution is -2.28. The standard InChI is InChI=1S/C43H68O5/c1-3-5-7-9-11-13-15-17-19-21-23-25-27-29-31-33-35-37-42(45)47-40-41(39-44)48-43(46)38-36-34-32-30-28-26-24-22-20-18-16-14-12-10-8-6-4-2/h11-14,17-20,23-26,29-32,41,44H,3-10,15-16,21-22,27-28,33-40H2,1-2H3/b13-11-,14-12-,19-17-,20-18-,25-23-,26-24-,31-29-,32-30-/t41-/m1/s1. The van der Waals surface area contributed by atoms with Crippen molar-refractivity contribution in [2.24, 2.45) is 0 Å². The van der Waals surface area contributed by atoms with Gasteiger partial charge in [-0.2, -0.15) is 0 Å². The van der Waals surface area contributed by atoms with E-state index in [9.17, 15) is 14.7 Å². The van der Waals surface area contributed by atoms with E-state index in [0.29, 0.717) is 19.3 Å². The second-order valence-electron chi connectivity index (χ2n) is 11.9. The molecule has 0 aliphatic heterocycles. The Labute approximate surface area is 294 Å². The Morgan fingerprint density at radius 3 is 1.17 bits per heavy atom. The van der Waals surface area contributed by atoms with Crippen LogP contribution in [0.25, 0.3) is 0 Å². The van der Waals surface area contributed by atoms with Crippen molar-refractivity contribution in [3.8, 4) is 0 Å². The molecule has 0 heterocycles. The number of rotatable bonds is 32. The highest BCUT2D eigenvalue weighted by molar-refractivity contribution is 5.70. The first-order valence-corrected chi connectivity index (χ1v) is 18.8. The van der Waals surface area contributed by atoms with E-state index in [2.05, 4.69) is 111 Å². The molecule has 1 N–H and O–H groups in total. The smallest absolute Gasteiger partial charge is 0.306 e. The number of esters is 2. The summed E-state index contributed by atoms with van der Waals surface area (Å²) in [4.78, 5) is 24.2. The molecule has 0 aliphatic rings. The molecule has 0 aliphatic carbocycles. The molecule has 0 bridgehead atoms. The summed E-state index contributed by atoms with van der Waals surface area (Å²) in [6, 6.07) is 0. The van der Waals surface area contributed by atoms with Gasteiger partial charge in [-0.1, -0.05) is 137 Å². The van der Waals surface area contributed by atoms with E-state index in [1.165, 1.54) is 51.4 Å². The molecule has 0 unspecified atom stereocenters. The average molecular weight is 665 g/mol. The molecule has 0 radical (unpaired) electrons. The number of ether oxygens (including phenoxy) is 2. The van der Waals surface area contributed by atoms with Crippen molar-refractivity contribution < 1.29 is 24.2 Å². The monoisotopic (exact) mass is 665 g/mol. The maximum Gasteiger partial charge on any atom is 0.306 e. The summed E-state index contributed by atoms with van der Waals surface area (Å²) in [7, 11) is 0. The second kappa shape index (κ2) is 38.3. The molecule has 0 aromatic rings. The number of hydrogen-bond donors (Lipinski definition) is 1. The van der Waals surface area contributed by atoms with Crippen molar-refractivity contribution in [2.45, 2.75) is 148 Å². The molecule has 0 aromatic heterocycles. The molecule has 48 heavy (non-hydrogen) atoms. The van der Waals surface area contributed by atoms with Crippen LogP contribution in [0.2, 0.25) is 0 Å². The zero-order valence-electron chi connectivity index (χ0n) is 30.5. The topological polar surface area (TPSA) is 72.8 Å². The normalized spacial score (nSPS) is 13.3. The first-order chi connectivity index (χ1) is 23.6. The van der Waals surface area contributed by atoms with Gasteiger partial charge in [0.15, 0.2) is 6.10 Å². The molecule has 0 aromatic carbocycles. The summed E-state index contributed by atoms with van der Waals surface area (Å²) in [6.45, 7) is 3.96. The first-order valence-electron chi connectivity index (χ1n) is 18.8. The summed E-state index contributed by atoms with van der Waals surface area (Å²) in [5.74, 6) is -0.734. The first kappa shape index (κ1) is 44.8. The van der Waals surface area contributed by atoms with Crippen molar-refractivity contribution in [1.29, 1.82) is 0 Å². The largest absolute Gasteiger partial charge is 0.462 e. The minimum absolute atomic E-state index is 0.122. The second-order valence-corrected chi connectivity index (χ2v) is 11.9. The van der Waals surface area contributed by atoms with E-state index in [1.807, 2.05) is 0 Å². The van der Waals surface area contributed by atoms with E-state index in [1.54, 1.807) is 0 Å². The van der Waals surface area contributed by atoms with E-state index in [-0.39, 0.29) is 31.6 Å². The van der Waals surface area contributed by atoms with Crippen molar-refractivity contribution in [3.05, 3.63) is 97.2 Å². The fourth-order valence-corrected chi connectivity index (χ4v) is 4.48. The van der Waals surface area contributed by atoms with Crippen LogP contribution in [0, 0.1) is 0 Å².